The minimum absolute atomic E-state index is 0.184. The van der Waals surface area contributed by atoms with Crippen LogP contribution in [0.3, 0.4) is 0 Å². The van der Waals surface area contributed by atoms with Crippen molar-refractivity contribution in [3.63, 3.8) is 0 Å². The highest BCUT2D eigenvalue weighted by atomic mass is 16.5. The van der Waals surface area contributed by atoms with Crippen LogP contribution in [0.1, 0.15) is 27.3 Å². The van der Waals surface area contributed by atoms with E-state index in [2.05, 4.69) is 10.4 Å². The number of aryl methyl sites for hydroxylation is 2. The Bertz CT molecular complexity index is 1160. The van der Waals surface area contributed by atoms with Gasteiger partial charge in [0.2, 0.25) is 0 Å². The second-order valence-electron chi connectivity index (χ2n) is 7.19. The number of hydrogen-bond acceptors (Lipinski definition) is 3. The number of carbonyl (C=O) groups excluding carboxylic acids is 1. The standard InChI is InChI=1S/C25H23N3O2/c1-17-9-13-21(14-10-17)28-19(3)24(18(2)27-28)26-25(29)20-11-15-23(16-12-20)30-22-7-5-4-6-8-22/h4-16H,1-3H3,(H,26,29). The molecule has 0 aliphatic carbocycles. The van der Waals surface area contributed by atoms with Gasteiger partial charge in [0.15, 0.2) is 0 Å². The maximum Gasteiger partial charge on any atom is 0.255 e. The van der Waals surface area contributed by atoms with Crippen LogP contribution in [0.5, 0.6) is 11.5 Å². The van der Waals surface area contributed by atoms with Gasteiger partial charge in [-0.1, -0.05) is 35.9 Å². The summed E-state index contributed by atoms with van der Waals surface area (Å²) < 4.78 is 7.63. The van der Waals surface area contributed by atoms with Crippen molar-refractivity contribution in [2.24, 2.45) is 0 Å². The van der Waals surface area contributed by atoms with Gasteiger partial charge in [-0.05, 0) is 69.3 Å². The van der Waals surface area contributed by atoms with Gasteiger partial charge >= 0.3 is 0 Å². The van der Waals surface area contributed by atoms with Gasteiger partial charge in [0.25, 0.3) is 5.91 Å². The molecule has 150 valence electrons. The minimum Gasteiger partial charge on any atom is -0.457 e. The van der Waals surface area contributed by atoms with Crippen LogP contribution < -0.4 is 10.1 Å². The van der Waals surface area contributed by atoms with Gasteiger partial charge in [-0.2, -0.15) is 5.10 Å². The number of carbonyl (C=O) groups is 1. The molecule has 0 saturated heterocycles. The molecule has 4 aromatic rings. The molecule has 0 spiro atoms. The molecule has 0 atom stereocenters. The lowest BCUT2D eigenvalue weighted by molar-refractivity contribution is 0.102. The molecular weight excluding hydrogens is 374 g/mol. The third-order valence-corrected chi connectivity index (χ3v) is 4.90. The quantitative estimate of drug-likeness (QED) is 0.460. The summed E-state index contributed by atoms with van der Waals surface area (Å²) in [5.41, 5.74) is 5.08. The number of hydrogen-bond donors (Lipinski definition) is 1. The summed E-state index contributed by atoms with van der Waals surface area (Å²) in [6.45, 7) is 5.89. The van der Waals surface area contributed by atoms with Crippen molar-refractivity contribution in [3.8, 4) is 17.2 Å². The normalized spacial score (nSPS) is 10.6. The van der Waals surface area contributed by atoms with Crippen molar-refractivity contribution < 1.29 is 9.53 Å². The Morgan fingerprint density at radius 3 is 2.13 bits per heavy atom. The molecule has 0 saturated carbocycles. The number of nitrogens with zero attached hydrogens (tertiary/aromatic N) is 2. The van der Waals surface area contributed by atoms with Crippen LogP contribution in [-0.2, 0) is 0 Å². The molecule has 0 aliphatic heterocycles. The summed E-state index contributed by atoms with van der Waals surface area (Å²) in [7, 11) is 0. The van der Waals surface area contributed by atoms with E-state index in [-0.39, 0.29) is 5.91 Å². The van der Waals surface area contributed by atoms with Crippen LogP contribution in [0.25, 0.3) is 5.69 Å². The fraction of sp³-hybridized carbons (Fsp3) is 0.120. The van der Waals surface area contributed by atoms with E-state index in [4.69, 9.17) is 4.74 Å². The molecule has 5 heteroatoms. The number of para-hydroxylation sites is 1. The molecule has 0 bridgehead atoms. The maximum absolute atomic E-state index is 12.8. The Hall–Kier alpha value is -3.86. The highest BCUT2D eigenvalue weighted by molar-refractivity contribution is 6.05. The fourth-order valence-corrected chi connectivity index (χ4v) is 3.25. The van der Waals surface area contributed by atoms with E-state index >= 15 is 0 Å². The molecule has 5 nitrogen and oxygen atoms in total. The van der Waals surface area contributed by atoms with E-state index in [0.717, 1.165) is 28.5 Å². The number of amides is 1. The van der Waals surface area contributed by atoms with Crippen LogP contribution in [0.15, 0.2) is 78.9 Å². The Labute approximate surface area is 175 Å². The number of benzene rings is 3. The zero-order valence-corrected chi connectivity index (χ0v) is 17.2. The summed E-state index contributed by atoms with van der Waals surface area (Å²) in [4.78, 5) is 12.8. The van der Waals surface area contributed by atoms with Crippen molar-refractivity contribution in [2.75, 3.05) is 5.32 Å². The molecule has 4 rings (SSSR count). The average Bonchev–Trinajstić information content (AvgIpc) is 3.04. The molecule has 1 aromatic heterocycles. The van der Waals surface area contributed by atoms with Crippen molar-refractivity contribution in [1.82, 2.24) is 9.78 Å². The topological polar surface area (TPSA) is 56.2 Å². The Morgan fingerprint density at radius 2 is 1.47 bits per heavy atom. The van der Waals surface area contributed by atoms with Crippen molar-refractivity contribution in [2.45, 2.75) is 20.8 Å². The van der Waals surface area contributed by atoms with Gasteiger partial charge in [0.1, 0.15) is 11.5 Å². The summed E-state index contributed by atoms with van der Waals surface area (Å²) in [5, 5.41) is 7.60. The molecule has 1 amide bonds. The fourth-order valence-electron chi connectivity index (χ4n) is 3.25. The predicted octanol–water partition coefficient (Wildman–Crippen LogP) is 5.84. The predicted molar refractivity (Wildman–Crippen MR) is 119 cm³/mol. The summed E-state index contributed by atoms with van der Waals surface area (Å²) in [5.74, 6) is 1.25. The Kier molecular flexibility index (Phi) is 5.35. The van der Waals surface area contributed by atoms with E-state index in [0.29, 0.717) is 11.3 Å². The molecule has 0 unspecified atom stereocenters. The second-order valence-corrected chi connectivity index (χ2v) is 7.19. The van der Waals surface area contributed by atoms with Crippen LogP contribution in [0, 0.1) is 20.8 Å². The van der Waals surface area contributed by atoms with E-state index in [1.54, 1.807) is 24.3 Å². The highest BCUT2D eigenvalue weighted by Crippen LogP contribution is 2.25. The SMILES string of the molecule is Cc1ccc(-n2nc(C)c(NC(=O)c3ccc(Oc4ccccc4)cc3)c2C)cc1. The number of rotatable bonds is 5. The molecule has 0 aliphatic rings. The zero-order valence-electron chi connectivity index (χ0n) is 17.2. The van der Waals surface area contributed by atoms with Crippen molar-refractivity contribution in [3.05, 3.63) is 101 Å². The van der Waals surface area contributed by atoms with Gasteiger partial charge in [-0.15, -0.1) is 0 Å². The molecule has 1 N–H and O–H groups in total. The third-order valence-electron chi connectivity index (χ3n) is 4.90. The van der Waals surface area contributed by atoms with Crippen molar-refractivity contribution >= 4 is 11.6 Å². The lowest BCUT2D eigenvalue weighted by atomic mass is 10.2. The first-order chi connectivity index (χ1) is 14.5. The summed E-state index contributed by atoms with van der Waals surface area (Å²) in [6, 6.07) is 24.8. The molecule has 3 aromatic carbocycles. The van der Waals surface area contributed by atoms with E-state index in [1.165, 1.54) is 5.56 Å². The van der Waals surface area contributed by atoms with E-state index in [9.17, 15) is 4.79 Å². The van der Waals surface area contributed by atoms with Gasteiger partial charge in [-0.3, -0.25) is 4.79 Å². The van der Waals surface area contributed by atoms with E-state index < -0.39 is 0 Å². The number of ether oxygens (including phenoxy) is 1. The van der Waals surface area contributed by atoms with E-state index in [1.807, 2.05) is 80.1 Å². The number of nitrogens with one attached hydrogen (secondary N) is 1. The zero-order chi connectivity index (χ0) is 21.1. The molecular formula is C25H23N3O2. The summed E-state index contributed by atoms with van der Waals surface area (Å²) in [6.07, 6.45) is 0. The number of aromatic nitrogens is 2. The van der Waals surface area contributed by atoms with Crippen LogP contribution in [0.4, 0.5) is 5.69 Å². The second kappa shape index (κ2) is 8.25. The smallest absolute Gasteiger partial charge is 0.255 e. The van der Waals surface area contributed by atoms with Crippen LogP contribution in [0.2, 0.25) is 0 Å². The first-order valence-corrected chi connectivity index (χ1v) is 9.79. The van der Waals surface area contributed by atoms with Gasteiger partial charge in [0, 0.05) is 5.56 Å². The largest absolute Gasteiger partial charge is 0.457 e. The highest BCUT2D eigenvalue weighted by Gasteiger charge is 2.16. The summed E-state index contributed by atoms with van der Waals surface area (Å²) >= 11 is 0. The lowest BCUT2D eigenvalue weighted by Crippen LogP contribution is -2.13. The lowest BCUT2D eigenvalue weighted by Gasteiger charge is -2.09. The maximum atomic E-state index is 12.8. The first kappa shape index (κ1) is 19.5. The Balaban J connectivity index is 1.50. The van der Waals surface area contributed by atoms with Gasteiger partial charge in [-0.25, -0.2) is 4.68 Å². The van der Waals surface area contributed by atoms with Crippen LogP contribution in [-0.4, -0.2) is 15.7 Å². The number of anilines is 1. The molecule has 1 heterocycles. The van der Waals surface area contributed by atoms with Crippen molar-refractivity contribution in [1.29, 1.82) is 0 Å². The molecule has 0 fully saturated rings. The monoisotopic (exact) mass is 397 g/mol. The van der Waals surface area contributed by atoms with Gasteiger partial charge < -0.3 is 10.1 Å². The molecule has 30 heavy (non-hydrogen) atoms. The Morgan fingerprint density at radius 1 is 0.833 bits per heavy atom. The third kappa shape index (κ3) is 4.10. The molecule has 0 radical (unpaired) electrons. The average molecular weight is 397 g/mol. The minimum atomic E-state index is -0.184. The van der Waals surface area contributed by atoms with Gasteiger partial charge in [0.05, 0.1) is 22.8 Å². The van der Waals surface area contributed by atoms with Crippen LogP contribution >= 0.6 is 0 Å². The first-order valence-electron chi connectivity index (χ1n) is 9.79.